The first kappa shape index (κ1) is 16.0. The average molecular weight is 322 g/mol. The van der Waals surface area contributed by atoms with Gasteiger partial charge in [-0.2, -0.15) is 0 Å². The van der Waals surface area contributed by atoms with Gasteiger partial charge in [0.15, 0.2) is 5.96 Å². The molecule has 2 fully saturated rings. The molecule has 23 heavy (non-hydrogen) atoms. The van der Waals surface area contributed by atoms with E-state index in [0.29, 0.717) is 32.3 Å². The highest BCUT2D eigenvalue weighted by Crippen LogP contribution is 2.16. The van der Waals surface area contributed by atoms with E-state index in [2.05, 4.69) is 14.8 Å². The fraction of sp³-hybridized carbons (Fsp3) is 0.562. The summed E-state index contributed by atoms with van der Waals surface area (Å²) in [6.07, 6.45) is 0.00260. The fourth-order valence-corrected chi connectivity index (χ4v) is 2.78. The van der Waals surface area contributed by atoms with Gasteiger partial charge < -0.3 is 25.0 Å². The molecule has 1 aromatic rings. The van der Waals surface area contributed by atoms with Crippen LogP contribution in [0.3, 0.4) is 0 Å². The van der Waals surface area contributed by atoms with Crippen LogP contribution >= 0.6 is 0 Å². The van der Waals surface area contributed by atoms with Gasteiger partial charge in [-0.3, -0.25) is 4.99 Å². The molecule has 2 aliphatic rings. The Hall–Kier alpha value is -1.86. The van der Waals surface area contributed by atoms with E-state index in [1.165, 1.54) is 12.1 Å². The summed E-state index contributed by atoms with van der Waals surface area (Å²) in [5.74, 6) is 0.343. The summed E-state index contributed by atoms with van der Waals surface area (Å²) in [4.78, 5) is 8.72. The van der Waals surface area contributed by atoms with Gasteiger partial charge in [0.05, 0.1) is 26.4 Å². The molecule has 2 aliphatic heterocycles. The summed E-state index contributed by atoms with van der Waals surface area (Å²) in [7, 11) is 0. The van der Waals surface area contributed by atoms with Crippen LogP contribution in [0.2, 0.25) is 0 Å². The van der Waals surface area contributed by atoms with Gasteiger partial charge in [-0.15, -0.1) is 0 Å². The van der Waals surface area contributed by atoms with Crippen molar-refractivity contribution in [1.82, 2.24) is 4.90 Å². The third kappa shape index (κ3) is 4.33. The van der Waals surface area contributed by atoms with Gasteiger partial charge in [0.2, 0.25) is 0 Å². The summed E-state index contributed by atoms with van der Waals surface area (Å²) >= 11 is 0. The fourth-order valence-electron chi connectivity index (χ4n) is 2.78. The molecule has 2 saturated heterocycles. The van der Waals surface area contributed by atoms with Crippen molar-refractivity contribution in [2.24, 2.45) is 10.7 Å². The number of hydrogen-bond donors (Lipinski definition) is 1. The van der Waals surface area contributed by atoms with Crippen molar-refractivity contribution in [3.8, 4) is 0 Å². The van der Waals surface area contributed by atoms with Gasteiger partial charge in [0.25, 0.3) is 0 Å². The van der Waals surface area contributed by atoms with Crippen molar-refractivity contribution < 1.29 is 13.9 Å². The highest BCUT2D eigenvalue weighted by atomic mass is 19.1. The molecule has 1 atom stereocenters. The molecule has 7 heteroatoms. The Morgan fingerprint density at radius 2 is 1.91 bits per heavy atom. The van der Waals surface area contributed by atoms with Gasteiger partial charge in [-0.05, 0) is 24.3 Å². The topological polar surface area (TPSA) is 63.3 Å². The van der Waals surface area contributed by atoms with Crippen molar-refractivity contribution in [2.45, 2.75) is 6.10 Å². The lowest BCUT2D eigenvalue weighted by Crippen LogP contribution is -2.51. The summed E-state index contributed by atoms with van der Waals surface area (Å²) in [6.45, 7) is 5.66. The van der Waals surface area contributed by atoms with E-state index in [-0.39, 0.29) is 11.9 Å². The number of hydrogen-bond acceptors (Lipinski definition) is 4. The number of benzene rings is 1. The van der Waals surface area contributed by atoms with Crippen molar-refractivity contribution in [2.75, 3.05) is 57.4 Å². The van der Waals surface area contributed by atoms with Gasteiger partial charge in [0.1, 0.15) is 11.9 Å². The number of piperazine rings is 1. The second kappa shape index (κ2) is 7.61. The summed E-state index contributed by atoms with van der Waals surface area (Å²) < 4.78 is 23.9. The van der Waals surface area contributed by atoms with E-state index in [1.54, 1.807) is 0 Å². The molecule has 0 aromatic heterocycles. The molecule has 2 N–H and O–H groups in total. The Labute approximate surface area is 135 Å². The molecule has 3 rings (SSSR count). The second-order valence-electron chi connectivity index (χ2n) is 5.72. The van der Waals surface area contributed by atoms with E-state index in [0.717, 1.165) is 31.9 Å². The lowest BCUT2D eigenvalue weighted by atomic mass is 10.2. The van der Waals surface area contributed by atoms with Crippen LogP contribution < -0.4 is 10.6 Å². The first-order chi connectivity index (χ1) is 11.2. The molecule has 0 aliphatic carbocycles. The predicted molar refractivity (Wildman–Crippen MR) is 87.2 cm³/mol. The van der Waals surface area contributed by atoms with Crippen LogP contribution in [-0.4, -0.2) is 69.5 Å². The Kier molecular flexibility index (Phi) is 5.30. The minimum atomic E-state index is -0.210. The van der Waals surface area contributed by atoms with E-state index < -0.39 is 0 Å². The Balaban J connectivity index is 1.48. The molecule has 0 amide bonds. The molecule has 1 aromatic carbocycles. The average Bonchev–Trinajstić information content (AvgIpc) is 2.61. The number of guanidine groups is 1. The minimum Gasteiger partial charge on any atom is -0.376 e. The SMILES string of the molecule is NC(=NCC1COCCO1)N1CCN(c2ccc(F)cc2)CC1. The zero-order valence-electron chi connectivity index (χ0n) is 13.2. The van der Waals surface area contributed by atoms with E-state index in [4.69, 9.17) is 15.2 Å². The molecule has 6 nitrogen and oxygen atoms in total. The molecule has 0 saturated carbocycles. The molecule has 2 heterocycles. The second-order valence-corrected chi connectivity index (χ2v) is 5.72. The number of nitrogens with zero attached hydrogens (tertiary/aromatic N) is 3. The minimum absolute atomic E-state index is 0.00260. The largest absolute Gasteiger partial charge is 0.376 e. The molecule has 1 unspecified atom stereocenters. The van der Waals surface area contributed by atoms with Crippen molar-refractivity contribution >= 4 is 11.6 Å². The van der Waals surface area contributed by atoms with E-state index in [9.17, 15) is 4.39 Å². The quantitative estimate of drug-likeness (QED) is 0.655. The maximum absolute atomic E-state index is 13.0. The Morgan fingerprint density at radius 3 is 2.57 bits per heavy atom. The van der Waals surface area contributed by atoms with E-state index in [1.807, 2.05) is 12.1 Å². The maximum atomic E-state index is 13.0. The third-order valence-corrected chi connectivity index (χ3v) is 4.14. The molecule has 126 valence electrons. The maximum Gasteiger partial charge on any atom is 0.191 e. The lowest BCUT2D eigenvalue weighted by Gasteiger charge is -2.36. The number of rotatable bonds is 3. The normalized spacial score (nSPS) is 23.2. The Morgan fingerprint density at radius 1 is 1.17 bits per heavy atom. The molecular weight excluding hydrogens is 299 g/mol. The number of anilines is 1. The van der Waals surface area contributed by atoms with Crippen LogP contribution in [0.15, 0.2) is 29.3 Å². The monoisotopic (exact) mass is 322 g/mol. The number of nitrogens with two attached hydrogens (primary N) is 1. The van der Waals surface area contributed by atoms with Crippen molar-refractivity contribution in [3.05, 3.63) is 30.1 Å². The molecular formula is C16H23FN4O2. The van der Waals surface area contributed by atoms with Crippen LogP contribution in [0, 0.1) is 5.82 Å². The standard InChI is InChI=1S/C16H23FN4O2/c17-13-1-3-14(4-2-13)20-5-7-21(8-6-20)16(18)19-11-15-12-22-9-10-23-15/h1-4,15H,5-12H2,(H2,18,19). The highest BCUT2D eigenvalue weighted by molar-refractivity contribution is 5.78. The number of aliphatic imine (C=N–C) groups is 1. The number of halogens is 1. The zero-order valence-corrected chi connectivity index (χ0v) is 13.2. The van der Waals surface area contributed by atoms with Gasteiger partial charge >= 0.3 is 0 Å². The molecule has 0 radical (unpaired) electrons. The third-order valence-electron chi connectivity index (χ3n) is 4.14. The van der Waals surface area contributed by atoms with Gasteiger partial charge in [-0.1, -0.05) is 0 Å². The first-order valence-electron chi connectivity index (χ1n) is 7.97. The zero-order chi connectivity index (χ0) is 16.1. The van der Waals surface area contributed by atoms with Gasteiger partial charge in [-0.25, -0.2) is 4.39 Å². The lowest BCUT2D eigenvalue weighted by molar-refractivity contribution is -0.0833. The van der Waals surface area contributed by atoms with Crippen molar-refractivity contribution in [1.29, 1.82) is 0 Å². The highest BCUT2D eigenvalue weighted by Gasteiger charge is 2.19. The number of ether oxygens (including phenoxy) is 2. The van der Waals surface area contributed by atoms with Crippen LogP contribution in [0.25, 0.3) is 0 Å². The van der Waals surface area contributed by atoms with E-state index >= 15 is 0 Å². The van der Waals surface area contributed by atoms with Gasteiger partial charge in [0, 0.05) is 31.9 Å². The van der Waals surface area contributed by atoms with Crippen LogP contribution in [0.4, 0.5) is 10.1 Å². The smallest absolute Gasteiger partial charge is 0.191 e. The predicted octanol–water partition coefficient (Wildman–Crippen LogP) is 0.678. The van der Waals surface area contributed by atoms with Crippen LogP contribution in [0.1, 0.15) is 0 Å². The van der Waals surface area contributed by atoms with Crippen LogP contribution in [-0.2, 0) is 9.47 Å². The van der Waals surface area contributed by atoms with Crippen LogP contribution in [0.5, 0.6) is 0 Å². The first-order valence-corrected chi connectivity index (χ1v) is 7.97. The van der Waals surface area contributed by atoms with Crippen molar-refractivity contribution in [3.63, 3.8) is 0 Å². The summed E-state index contributed by atoms with van der Waals surface area (Å²) in [5, 5.41) is 0. The Bertz CT molecular complexity index is 523. The summed E-state index contributed by atoms with van der Waals surface area (Å²) in [5.41, 5.74) is 7.12. The summed E-state index contributed by atoms with van der Waals surface area (Å²) in [6, 6.07) is 6.60. The molecule has 0 spiro atoms. The molecule has 0 bridgehead atoms.